The van der Waals surface area contributed by atoms with Gasteiger partial charge in [0, 0.05) is 13.1 Å². The molecule has 1 fully saturated rings. The van der Waals surface area contributed by atoms with Gasteiger partial charge in [-0.15, -0.1) is 0 Å². The maximum atomic E-state index is 10.7. The fraction of sp³-hybridized carbons (Fsp3) is 0.917. The Morgan fingerprint density at radius 2 is 1.94 bits per heavy atom. The summed E-state index contributed by atoms with van der Waals surface area (Å²) in [5.74, 6) is 0.0555. The van der Waals surface area contributed by atoms with Crippen molar-refractivity contribution in [3.8, 4) is 0 Å². The minimum absolute atomic E-state index is 0.129. The molecule has 0 aromatic rings. The number of nitrogens with two attached hydrogens (primary N) is 1. The molecule has 0 spiro atoms. The van der Waals surface area contributed by atoms with Gasteiger partial charge >= 0.3 is 5.97 Å². The zero-order valence-electron chi connectivity index (χ0n) is 10.0. The molecule has 0 bridgehead atoms. The molecule has 1 aliphatic rings. The van der Waals surface area contributed by atoms with Gasteiger partial charge in [0.2, 0.25) is 0 Å². The second-order valence-corrected chi connectivity index (χ2v) is 4.75. The zero-order valence-corrected chi connectivity index (χ0v) is 10.0. The van der Waals surface area contributed by atoms with Gasteiger partial charge in [0.05, 0.1) is 6.54 Å². The third-order valence-corrected chi connectivity index (χ3v) is 3.38. The average molecular weight is 228 g/mol. The summed E-state index contributed by atoms with van der Waals surface area (Å²) < 4.78 is 0. The Morgan fingerprint density at radius 1 is 1.25 bits per heavy atom. The zero-order chi connectivity index (χ0) is 11.8. The molecular weight excluding hydrogens is 204 g/mol. The van der Waals surface area contributed by atoms with Crippen LogP contribution in [0, 0.1) is 5.92 Å². The maximum absolute atomic E-state index is 10.7. The molecule has 0 radical (unpaired) electrons. The Morgan fingerprint density at radius 3 is 2.50 bits per heavy atom. The first kappa shape index (κ1) is 13.5. The predicted molar refractivity (Wildman–Crippen MR) is 64.3 cm³/mol. The summed E-state index contributed by atoms with van der Waals surface area (Å²) >= 11 is 0. The minimum atomic E-state index is -0.753. The van der Waals surface area contributed by atoms with Crippen molar-refractivity contribution in [2.75, 3.05) is 26.2 Å². The monoisotopic (exact) mass is 228 g/mol. The van der Waals surface area contributed by atoms with Gasteiger partial charge in [0.25, 0.3) is 0 Å². The Balaban J connectivity index is 2.21. The fourth-order valence-electron chi connectivity index (χ4n) is 2.48. The second-order valence-electron chi connectivity index (χ2n) is 4.75. The SMILES string of the molecule is NCCN(CCC1CCCCC1)CC(=O)O. The van der Waals surface area contributed by atoms with Crippen LogP contribution in [0.25, 0.3) is 0 Å². The van der Waals surface area contributed by atoms with Crippen LogP contribution in [0.15, 0.2) is 0 Å². The van der Waals surface area contributed by atoms with Crippen molar-refractivity contribution in [2.45, 2.75) is 38.5 Å². The molecule has 0 aliphatic heterocycles. The first-order chi connectivity index (χ1) is 7.72. The van der Waals surface area contributed by atoms with E-state index in [-0.39, 0.29) is 6.54 Å². The van der Waals surface area contributed by atoms with E-state index in [1.54, 1.807) is 0 Å². The Kier molecular flexibility index (Phi) is 6.42. The quantitative estimate of drug-likeness (QED) is 0.689. The molecule has 0 amide bonds. The van der Waals surface area contributed by atoms with Crippen molar-refractivity contribution in [1.82, 2.24) is 4.90 Å². The Bertz CT molecular complexity index is 203. The molecule has 0 heterocycles. The lowest BCUT2D eigenvalue weighted by atomic mass is 9.87. The number of rotatable bonds is 7. The highest BCUT2D eigenvalue weighted by Crippen LogP contribution is 2.26. The molecule has 0 saturated heterocycles. The molecule has 0 atom stereocenters. The topological polar surface area (TPSA) is 66.6 Å². The van der Waals surface area contributed by atoms with Crippen LogP contribution in [0.3, 0.4) is 0 Å². The van der Waals surface area contributed by atoms with E-state index >= 15 is 0 Å². The van der Waals surface area contributed by atoms with Crippen LogP contribution in [0.5, 0.6) is 0 Å². The van der Waals surface area contributed by atoms with Crippen molar-refractivity contribution < 1.29 is 9.90 Å². The second kappa shape index (κ2) is 7.63. The van der Waals surface area contributed by atoms with Crippen molar-refractivity contribution in [2.24, 2.45) is 11.7 Å². The van der Waals surface area contributed by atoms with Gasteiger partial charge in [-0.1, -0.05) is 32.1 Å². The van der Waals surface area contributed by atoms with Gasteiger partial charge in [-0.05, 0) is 18.9 Å². The van der Waals surface area contributed by atoms with Crippen LogP contribution < -0.4 is 5.73 Å². The molecule has 16 heavy (non-hydrogen) atoms. The number of aliphatic carboxylic acids is 1. The molecule has 94 valence electrons. The minimum Gasteiger partial charge on any atom is -0.480 e. The number of hydrogen-bond acceptors (Lipinski definition) is 3. The summed E-state index contributed by atoms with van der Waals surface area (Å²) in [6, 6.07) is 0. The summed E-state index contributed by atoms with van der Waals surface area (Å²) in [5.41, 5.74) is 5.48. The fourth-order valence-corrected chi connectivity index (χ4v) is 2.48. The summed E-state index contributed by atoms with van der Waals surface area (Å²) in [6.45, 7) is 2.25. The lowest BCUT2D eigenvalue weighted by Crippen LogP contribution is -2.35. The predicted octanol–water partition coefficient (Wildman–Crippen LogP) is 1.30. The summed E-state index contributed by atoms with van der Waals surface area (Å²) in [4.78, 5) is 12.6. The molecule has 4 heteroatoms. The number of hydrogen-bond donors (Lipinski definition) is 2. The lowest BCUT2D eigenvalue weighted by molar-refractivity contribution is -0.138. The van der Waals surface area contributed by atoms with E-state index < -0.39 is 5.97 Å². The van der Waals surface area contributed by atoms with Gasteiger partial charge in [0.15, 0.2) is 0 Å². The third kappa shape index (κ3) is 5.47. The molecule has 4 nitrogen and oxygen atoms in total. The Hall–Kier alpha value is -0.610. The number of carbonyl (C=O) groups is 1. The highest BCUT2D eigenvalue weighted by molar-refractivity contribution is 5.69. The van der Waals surface area contributed by atoms with E-state index in [1.165, 1.54) is 32.1 Å². The molecule has 1 saturated carbocycles. The number of carboxylic acids is 1. The van der Waals surface area contributed by atoms with E-state index in [2.05, 4.69) is 0 Å². The third-order valence-electron chi connectivity index (χ3n) is 3.38. The smallest absolute Gasteiger partial charge is 0.317 e. The molecular formula is C12H24N2O2. The maximum Gasteiger partial charge on any atom is 0.317 e. The van der Waals surface area contributed by atoms with E-state index in [1.807, 2.05) is 4.90 Å². The van der Waals surface area contributed by atoms with Crippen LogP contribution >= 0.6 is 0 Å². The standard InChI is InChI=1S/C12H24N2O2/c13-7-9-14(10-12(15)16)8-6-11-4-2-1-3-5-11/h11H,1-10,13H2,(H,15,16). The van der Waals surface area contributed by atoms with Gasteiger partial charge in [-0.2, -0.15) is 0 Å². The average Bonchev–Trinajstić information content (AvgIpc) is 2.27. The summed E-state index contributed by atoms with van der Waals surface area (Å²) in [6.07, 6.45) is 7.85. The lowest BCUT2D eigenvalue weighted by Gasteiger charge is -2.25. The molecule has 1 aliphatic carbocycles. The Labute approximate surface area is 97.8 Å². The van der Waals surface area contributed by atoms with Gasteiger partial charge in [0.1, 0.15) is 0 Å². The van der Waals surface area contributed by atoms with Crippen LogP contribution in [0.1, 0.15) is 38.5 Å². The number of carboxylic acid groups (broad SMARTS) is 1. The van der Waals surface area contributed by atoms with E-state index in [9.17, 15) is 4.79 Å². The van der Waals surface area contributed by atoms with E-state index in [0.29, 0.717) is 13.1 Å². The van der Waals surface area contributed by atoms with Gasteiger partial charge in [-0.25, -0.2) is 0 Å². The van der Waals surface area contributed by atoms with Crippen molar-refractivity contribution >= 4 is 5.97 Å². The molecule has 0 unspecified atom stereocenters. The highest BCUT2D eigenvalue weighted by Gasteiger charge is 2.15. The first-order valence-corrected chi connectivity index (χ1v) is 6.36. The van der Waals surface area contributed by atoms with E-state index in [4.69, 9.17) is 10.8 Å². The number of nitrogens with zero attached hydrogens (tertiary/aromatic N) is 1. The van der Waals surface area contributed by atoms with Crippen LogP contribution in [0.2, 0.25) is 0 Å². The molecule has 3 N–H and O–H groups in total. The van der Waals surface area contributed by atoms with Crippen molar-refractivity contribution in [3.05, 3.63) is 0 Å². The normalized spacial score (nSPS) is 17.9. The first-order valence-electron chi connectivity index (χ1n) is 6.36. The van der Waals surface area contributed by atoms with Gasteiger partial charge < -0.3 is 10.8 Å². The van der Waals surface area contributed by atoms with E-state index in [0.717, 1.165) is 18.9 Å². The summed E-state index contributed by atoms with van der Waals surface area (Å²) in [5, 5.41) is 8.77. The van der Waals surface area contributed by atoms with Crippen LogP contribution in [-0.4, -0.2) is 42.2 Å². The molecule has 0 aromatic heterocycles. The van der Waals surface area contributed by atoms with Crippen LogP contribution in [0.4, 0.5) is 0 Å². The van der Waals surface area contributed by atoms with Crippen molar-refractivity contribution in [3.63, 3.8) is 0 Å². The van der Waals surface area contributed by atoms with Gasteiger partial charge in [-0.3, -0.25) is 9.69 Å². The molecule has 1 rings (SSSR count). The van der Waals surface area contributed by atoms with Crippen LogP contribution in [-0.2, 0) is 4.79 Å². The highest BCUT2D eigenvalue weighted by atomic mass is 16.4. The molecule has 0 aromatic carbocycles. The largest absolute Gasteiger partial charge is 0.480 e. The van der Waals surface area contributed by atoms with Crippen molar-refractivity contribution in [1.29, 1.82) is 0 Å². The summed E-state index contributed by atoms with van der Waals surface area (Å²) in [7, 11) is 0.